The molecule has 1 saturated heterocycles. The number of aromatic nitrogens is 1. The Morgan fingerprint density at radius 1 is 1.35 bits per heavy atom. The zero-order valence-corrected chi connectivity index (χ0v) is 13.2. The fourth-order valence-electron chi connectivity index (χ4n) is 2.92. The Balaban J connectivity index is 2.11. The summed E-state index contributed by atoms with van der Waals surface area (Å²) in [6.45, 7) is 3.81. The second-order valence-corrected chi connectivity index (χ2v) is 7.56. The lowest BCUT2D eigenvalue weighted by Crippen LogP contribution is -2.38. The summed E-state index contributed by atoms with van der Waals surface area (Å²) in [5.41, 5.74) is 6.45. The molecule has 0 saturated carbocycles. The summed E-state index contributed by atoms with van der Waals surface area (Å²) in [7, 11) is -1.53. The van der Waals surface area contributed by atoms with Crippen LogP contribution >= 0.6 is 0 Å². The van der Waals surface area contributed by atoms with Crippen LogP contribution in [0.15, 0.2) is 17.2 Å². The average Bonchev–Trinajstić information content (AvgIpc) is 2.82. The Kier molecular flexibility index (Phi) is 4.88. The Morgan fingerprint density at radius 3 is 2.50 bits per heavy atom. The molecule has 114 valence electrons. The molecule has 1 aromatic heterocycles. The monoisotopic (exact) mass is 299 g/mol. The number of nitrogens with zero attached hydrogens (tertiary/aromatic N) is 2. The first kappa shape index (κ1) is 15.5. The maximum atomic E-state index is 12.6. The van der Waals surface area contributed by atoms with Gasteiger partial charge < -0.3 is 10.3 Å². The predicted molar refractivity (Wildman–Crippen MR) is 79.7 cm³/mol. The summed E-state index contributed by atoms with van der Waals surface area (Å²) in [5, 5.41) is 0. The number of aryl methyl sites for hydroxylation is 1. The van der Waals surface area contributed by atoms with E-state index in [-0.39, 0.29) is 0 Å². The molecule has 6 heteroatoms. The summed E-state index contributed by atoms with van der Waals surface area (Å²) in [4.78, 5) is 0.370. The van der Waals surface area contributed by atoms with Crippen LogP contribution in [0.5, 0.6) is 0 Å². The van der Waals surface area contributed by atoms with Gasteiger partial charge >= 0.3 is 0 Å². The number of rotatable bonds is 5. The lowest BCUT2D eigenvalue weighted by molar-refractivity contribution is 0.262. The zero-order chi connectivity index (χ0) is 14.8. The molecule has 5 nitrogen and oxygen atoms in total. The molecule has 1 aliphatic rings. The van der Waals surface area contributed by atoms with Gasteiger partial charge in [-0.2, -0.15) is 4.31 Å². The first-order valence-electron chi connectivity index (χ1n) is 7.34. The molecule has 1 aromatic rings. The molecule has 0 aliphatic carbocycles. The van der Waals surface area contributed by atoms with Crippen LogP contribution in [0.3, 0.4) is 0 Å². The second kappa shape index (κ2) is 6.28. The molecule has 0 amide bonds. The van der Waals surface area contributed by atoms with Crippen molar-refractivity contribution in [2.75, 3.05) is 13.1 Å². The van der Waals surface area contributed by atoms with Gasteiger partial charge in [0.2, 0.25) is 10.0 Å². The minimum Gasteiger partial charge on any atom is -0.352 e. The van der Waals surface area contributed by atoms with Crippen LogP contribution in [0.2, 0.25) is 0 Å². The Bertz CT molecular complexity index is 543. The maximum Gasteiger partial charge on any atom is 0.244 e. The van der Waals surface area contributed by atoms with Crippen LogP contribution in [0.1, 0.15) is 38.3 Å². The maximum absolute atomic E-state index is 12.6. The first-order chi connectivity index (χ1) is 9.48. The van der Waals surface area contributed by atoms with E-state index >= 15 is 0 Å². The molecule has 1 fully saturated rings. The van der Waals surface area contributed by atoms with Crippen molar-refractivity contribution >= 4 is 10.0 Å². The van der Waals surface area contributed by atoms with Crippen LogP contribution in [-0.4, -0.2) is 30.4 Å². The molecular weight excluding hydrogens is 274 g/mol. The summed E-state index contributed by atoms with van der Waals surface area (Å²) >= 11 is 0. The molecule has 20 heavy (non-hydrogen) atoms. The second-order valence-electron chi connectivity index (χ2n) is 5.62. The van der Waals surface area contributed by atoms with E-state index in [9.17, 15) is 8.42 Å². The Morgan fingerprint density at radius 2 is 2.00 bits per heavy atom. The van der Waals surface area contributed by atoms with Crippen molar-refractivity contribution in [1.82, 2.24) is 8.87 Å². The van der Waals surface area contributed by atoms with Crippen LogP contribution in [-0.2, 0) is 23.6 Å². The molecular formula is C14H25N3O2S. The van der Waals surface area contributed by atoms with Gasteiger partial charge in [0.05, 0.1) is 0 Å². The topological polar surface area (TPSA) is 68.3 Å². The molecule has 2 rings (SSSR count). The number of nitrogens with two attached hydrogens (primary N) is 1. The SMILES string of the molecule is CCCC1CCN(S(=O)(=O)c2cc(CN)n(C)c2)CC1. The van der Waals surface area contributed by atoms with Crippen LogP contribution in [0.25, 0.3) is 0 Å². The van der Waals surface area contributed by atoms with Crippen molar-refractivity contribution in [3.63, 3.8) is 0 Å². The minimum absolute atomic E-state index is 0.352. The molecule has 0 spiro atoms. The summed E-state index contributed by atoms with van der Waals surface area (Å²) < 4.78 is 28.6. The van der Waals surface area contributed by atoms with Crippen LogP contribution in [0, 0.1) is 5.92 Å². The number of piperidine rings is 1. The quantitative estimate of drug-likeness (QED) is 0.899. The highest BCUT2D eigenvalue weighted by Crippen LogP contribution is 2.26. The normalized spacial score (nSPS) is 18.6. The van der Waals surface area contributed by atoms with E-state index in [1.807, 2.05) is 7.05 Å². The van der Waals surface area contributed by atoms with Crippen molar-refractivity contribution in [3.05, 3.63) is 18.0 Å². The number of hydrogen-bond acceptors (Lipinski definition) is 3. The largest absolute Gasteiger partial charge is 0.352 e. The van der Waals surface area contributed by atoms with Crippen LogP contribution in [0.4, 0.5) is 0 Å². The molecule has 0 atom stereocenters. The standard InChI is InChI=1S/C14H25N3O2S/c1-3-4-12-5-7-17(8-6-12)20(18,19)14-9-13(10-15)16(2)11-14/h9,11-12H,3-8,10,15H2,1-2H3. The predicted octanol–water partition coefficient (Wildman–Crippen LogP) is 1.68. The zero-order valence-electron chi connectivity index (χ0n) is 12.4. The average molecular weight is 299 g/mol. The van der Waals surface area contributed by atoms with E-state index in [2.05, 4.69) is 6.92 Å². The van der Waals surface area contributed by atoms with Gasteiger partial charge in [-0.3, -0.25) is 0 Å². The lowest BCUT2D eigenvalue weighted by atomic mass is 9.94. The van der Waals surface area contributed by atoms with Crippen LogP contribution < -0.4 is 5.73 Å². The fourth-order valence-corrected chi connectivity index (χ4v) is 4.48. The number of hydrogen-bond donors (Lipinski definition) is 1. The van der Waals surface area contributed by atoms with E-state index in [4.69, 9.17) is 5.73 Å². The molecule has 0 unspecified atom stereocenters. The van der Waals surface area contributed by atoms with Crippen molar-refractivity contribution in [3.8, 4) is 0 Å². The van der Waals surface area contributed by atoms with Gasteiger partial charge in [-0.15, -0.1) is 0 Å². The Hall–Kier alpha value is -0.850. The van der Waals surface area contributed by atoms with Gasteiger partial charge in [-0.1, -0.05) is 19.8 Å². The molecule has 2 heterocycles. The van der Waals surface area contributed by atoms with Crippen molar-refractivity contribution in [1.29, 1.82) is 0 Å². The van der Waals surface area contributed by atoms with Crippen molar-refractivity contribution in [2.45, 2.75) is 44.0 Å². The van der Waals surface area contributed by atoms with Crippen molar-refractivity contribution in [2.24, 2.45) is 18.7 Å². The molecule has 0 radical (unpaired) electrons. The third-order valence-corrected chi connectivity index (χ3v) is 6.06. The Labute approximate surface area is 121 Å². The third kappa shape index (κ3) is 3.07. The molecule has 0 aromatic carbocycles. The van der Waals surface area contributed by atoms with Crippen molar-refractivity contribution < 1.29 is 8.42 Å². The van der Waals surface area contributed by atoms with E-state index < -0.39 is 10.0 Å². The summed E-state index contributed by atoms with van der Waals surface area (Å²) in [6.07, 6.45) is 6.00. The lowest BCUT2D eigenvalue weighted by Gasteiger charge is -2.30. The molecule has 1 aliphatic heterocycles. The fraction of sp³-hybridized carbons (Fsp3) is 0.714. The number of sulfonamides is 1. The smallest absolute Gasteiger partial charge is 0.244 e. The van der Waals surface area contributed by atoms with E-state index in [0.29, 0.717) is 30.4 Å². The highest BCUT2D eigenvalue weighted by atomic mass is 32.2. The van der Waals surface area contributed by atoms with E-state index in [1.165, 1.54) is 12.8 Å². The molecule has 2 N–H and O–H groups in total. The van der Waals surface area contributed by atoms with Gasteiger partial charge in [0.25, 0.3) is 0 Å². The third-order valence-electron chi connectivity index (χ3n) is 4.20. The van der Waals surface area contributed by atoms with Gasteiger partial charge in [0, 0.05) is 38.6 Å². The van der Waals surface area contributed by atoms with Gasteiger partial charge in [-0.25, -0.2) is 8.42 Å². The highest BCUT2D eigenvalue weighted by molar-refractivity contribution is 7.89. The first-order valence-corrected chi connectivity index (χ1v) is 8.78. The van der Waals surface area contributed by atoms with Gasteiger partial charge in [0.1, 0.15) is 4.90 Å². The summed E-state index contributed by atoms with van der Waals surface area (Å²) in [5.74, 6) is 0.682. The summed E-state index contributed by atoms with van der Waals surface area (Å²) in [6, 6.07) is 1.69. The highest BCUT2D eigenvalue weighted by Gasteiger charge is 2.30. The van der Waals surface area contributed by atoms with E-state index in [1.54, 1.807) is 21.1 Å². The van der Waals surface area contributed by atoms with Gasteiger partial charge in [-0.05, 0) is 24.8 Å². The minimum atomic E-state index is -3.36. The molecule has 0 bridgehead atoms. The van der Waals surface area contributed by atoms with Gasteiger partial charge in [0.15, 0.2) is 0 Å². The van der Waals surface area contributed by atoms with E-state index in [0.717, 1.165) is 18.5 Å².